The molecule has 110 valence electrons. The standard InChI is InChI=1S/C16H20N4O/c1-2-8-18-15(3-1)20-16-5-4-14(11-19-16)21-12-13-6-9-17-10-7-13/h1-5,8,11,13,17H,6-7,9-10,12H2,(H,18,19,20). The Labute approximate surface area is 124 Å². The van der Waals surface area contributed by atoms with Gasteiger partial charge in [0.25, 0.3) is 0 Å². The Morgan fingerprint density at radius 2 is 1.95 bits per heavy atom. The van der Waals surface area contributed by atoms with E-state index < -0.39 is 0 Å². The summed E-state index contributed by atoms with van der Waals surface area (Å²) < 4.78 is 5.82. The van der Waals surface area contributed by atoms with Crippen LogP contribution in [-0.4, -0.2) is 29.7 Å². The molecule has 0 amide bonds. The molecule has 0 atom stereocenters. The van der Waals surface area contributed by atoms with Crippen molar-refractivity contribution in [2.75, 3.05) is 25.0 Å². The number of hydrogen-bond donors (Lipinski definition) is 2. The van der Waals surface area contributed by atoms with Crippen LogP contribution in [0.15, 0.2) is 42.7 Å². The van der Waals surface area contributed by atoms with Crippen molar-refractivity contribution in [2.45, 2.75) is 12.8 Å². The maximum atomic E-state index is 5.82. The van der Waals surface area contributed by atoms with Crippen molar-refractivity contribution in [3.05, 3.63) is 42.7 Å². The first-order chi connectivity index (χ1) is 10.4. The van der Waals surface area contributed by atoms with Gasteiger partial charge in [0.15, 0.2) is 0 Å². The van der Waals surface area contributed by atoms with Gasteiger partial charge in [-0.1, -0.05) is 6.07 Å². The molecule has 0 unspecified atom stereocenters. The largest absolute Gasteiger partial charge is 0.492 e. The van der Waals surface area contributed by atoms with Gasteiger partial charge in [-0.15, -0.1) is 0 Å². The Bertz CT molecular complexity index is 538. The summed E-state index contributed by atoms with van der Waals surface area (Å²) in [6, 6.07) is 9.58. The number of pyridine rings is 2. The maximum absolute atomic E-state index is 5.82. The zero-order valence-corrected chi connectivity index (χ0v) is 12.0. The highest BCUT2D eigenvalue weighted by Crippen LogP contribution is 2.18. The van der Waals surface area contributed by atoms with E-state index in [1.165, 1.54) is 12.8 Å². The van der Waals surface area contributed by atoms with Gasteiger partial charge >= 0.3 is 0 Å². The van der Waals surface area contributed by atoms with E-state index in [1.807, 2.05) is 30.3 Å². The van der Waals surface area contributed by atoms with Crippen LogP contribution in [0.25, 0.3) is 0 Å². The average molecular weight is 284 g/mol. The van der Waals surface area contributed by atoms with Gasteiger partial charge in [0.05, 0.1) is 12.8 Å². The fraction of sp³-hybridized carbons (Fsp3) is 0.375. The van der Waals surface area contributed by atoms with Crippen molar-refractivity contribution >= 4 is 11.6 Å². The van der Waals surface area contributed by atoms with E-state index in [0.29, 0.717) is 5.92 Å². The summed E-state index contributed by atoms with van der Waals surface area (Å²) in [4.78, 5) is 8.55. The van der Waals surface area contributed by atoms with Crippen LogP contribution in [0.3, 0.4) is 0 Å². The van der Waals surface area contributed by atoms with E-state index in [-0.39, 0.29) is 0 Å². The summed E-state index contributed by atoms with van der Waals surface area (Å²) in [5.41, 5.74) is 0. The lowest BCUT2D eigenvalue weighted by atomic mass is 9.99. The topological polar surface area (TPSA) is 59.1 Å². The molecule has 2 aromatic rings. The summed E-state index contributed by atoms with van der Waals surface area (Å²) in [5.74, 6) is 3.02. The quantitative estimate of drug-likeness (QED) is 0.884. The highest BCUT2D eigenvalue weighted by molar-refractivity contribution is 5.51. The minimum atomic E-state index is 0.651. The van der Waals surface area contributed by atoms with Gasteiger partial charge in [0.1, 0.15) is 17.4 Å². The lowest BCUT2D eigenvalue weighted by molar-refractivity contribution is 0.214. The molecule has 3 heterocycles. The highest BCUT2D eigenvalue weighted by Gasteiger charge is 2.13. The van der Waals surface area contributed by atoms with Crippen LogP contribution in [0, 0.1) is 5.92 Å². The minimum Gasteiger partial charge on any atom is -0.492 e. The summed E-state index contributed by atoms with van der Waals surface area (Å²) in [6.45, 7) is 2.97. The second kappa shape index (κ2) is 7.04. The lowest BCUT2D eigenvalue weighted by Crippen LogP contribution is -2.30. The fourth-order valence-corrected chi connectivity index (χ4v) is 2.37. The number of nitrogens with one attached hydrogen (secondary N) is 2. The van der Waals surface area contributed by atoms with Crippen molar-refractivity contribution in [1.29, 1.82) is 0 Å². The molecule has 0 saturated carbocycles. The van der Waals surface area contributed by atoms with Gasteiger partial charge in [-0.3, -0.25) is 0 Å². The molecule has 3 rings (SSSR count). The summed E-state index contributed by atoms with van der Waals surface area (Å²) >= 11 is 0. The van der Waals surface area contributed by atoms with Crippen LogP contribution in [0.2, 0.25) is 0 Å². The molecule has 0 radical (unpaired) electrons. The van der Waals surface area contributed by atoms with Gasteiger partial charge in [-0.05, 0) is 56.1 Å². The fourth-order valence-electron chi connectivity index (χ4n) is 2.37. The van der Waals surface area contributed by atoms with E-state index in [0.717, 1.165) is 37.1 Å². The SMILES string of the molecule is c1ccc(Nc2ccc(OCC3CCNCC3)cn2)nc1. The summed E-state index contributed by atoms with van der Waals surface area (Å²) in [5, 5.41) is 6.51. The smallest absolute Gasteiger partial charge is 0.137 e. The average Bonchev–Trinajstić information content (AvgIpc) is 2.56. The van der Waals surface area contributed by atoms with Gasteiger partial charge in [0, 0.05) is 6.20 Å². The second-order valence-electron chi connectivity index (χ2n) is 5.22. The molecule has 1 aliphatic rings. The van der Waals surface area contributed by atoms with Crippen LogP contribution < -0.4 is 15.4 Å². The maximum Gasteiger partial charge on any atom is 0.137 e. The molecule has 1 saturated heterocycles. The van der Waals surface area contributed by atoms with E-state index in [2.05, 4.69) is 20.6 Å². The molecule has 2 N–H and O–H groups in total. The third kappa shape index (κ3) is 4.16. The Morgan fingerprint density at radius 1 is 1.10 bits per heavy atom. The van der Waals surface area contributed by atoms with Gasteiger partial charge in [-0.25, -0.2) is 9.97 Å². The van der Waals surface area contributed by atoms with Crippen LogP contribution in [0.1, 0.15) is 12.8 Å². The van der Waals surface area contributed by atoms with E-state index in [4.69, 9.17) is 4.74 Å². The number of rotatable bonds is 5. The third-order valence-corrected chi connectivity index (χ3v) is 3.60. The van der Waals surface area contributed by atoms with E-state index in [9.17, 15) is 0 Å². The number of anilines is 2. The first kappa shape index (κ1) is 13.8. The molecule has 2 aromatic heterocycles. The Morgan fingerprint density at radius 3 is 2.67 bits per heavy atom. The first-order valence-electron chi connectivity index (χ1n) is 7.38. The molecule has 0 bridgehead atoms. The molecule has 1 fully saturated rings. The Kier molecular flexibility index (Phi) is 4.63. The van der Waals surface area contributed by atoms with E-state index in [1.54, 1.807) is 12.4 Å². The minimum absolute atomic E-state index is 0.651. The number of nitrogens with zero attached hydrogens (tertiary/aromatic N) is 2. The first-order valence-corrected chi connectivity index (χ1v) is 7.38. The van der Waals surface area contributed by atoms with Gasteiger partial charge in [-0.2, -0.15) is 0 Å². The predicted octanol–water partition coefficient (Wildman–Crippen LogP) is 2.60. The van der Waals surface area contributed by atoms with Crippen molar-refractivity contribution in [3.8, 4) is 5.75 Å². The zero-order valence-electron chi connectivity index (χ0n) is 12.0. The highest BCUT2D eigenvalue weighted by atomic mass is 16.5. The molecular weight excluding hydrogens is 264 g/mol. The third-order valence-electron chi connectivity index (χ3n) is 3.60. The Balaban J connectivity index is 1.51. The van der Waals surface area contributed by atoms with Crippen molar-refractivity contribution < 1.29 is 4.74 Å². The van der Waals surface area contributed by atoms with Gasteiger partial charge in [0.2, 0.25) is 0 Å². The van der Waals surface area contributed by atoms with Crippen molar-refractivity contribution in [2.24, 2.45) is 5.92 Å². The molecule has 0 spiro atoms. The van der Waals surface area contributed by atoms with Crippen LogP contribution in [0.4, 0.5) is 11.6 Å². The van der Waals surface area contributed by atoms with Crippen molar-refractivity contribution in [3.63, 3.8) is 0 Å². The summed E-state index contributed by atoms with van der Waals surface area (Å²) in [7, 11) is 0. The molecule has 0 aliphatic carbocycles. The van der Waals surface area contributed by atoms with Gasteiger partial charge < -0.3 is 15.4 Å². The molecule has 5 heteroatoms. The molecule has 1 aliphatic heterocycles. The van der Waals surface area contributed by atoms with Crippen LogP contribution in [0.5, 0.6) is 5.75 Å². The number of ether oxygens (including phenoxy) is 1. The number of piperidine rings is 1. The molecule has 0 aromatic carbocycles. The molecular formula is C16H20N4O. The summed E-state index contributed by atoms with van der Waals surface area (Å²) in [6.07, 6.45) is 5.88. The van der Waals surface area contributed by atoms with E-state index >= 15 is 0 Å². The molecule has 5 nitrogen and oxygen atoms in total. The van der Waals surface area contributed by atoms with Crippen LogP contribution in [-0.2, 0) is 0 Å². The number of aromatic nitrogens is 2. The number of hydrogen-bond acceptors (Lipinski definition) is 5. The monoisotopic (exact) mass is 284 g/mol. The Hall–Kier alpha value is -2.14. The molecule has 21 heavy (non-hydrogen) atoms. The zero-order chi connectivity index (χ0) is 14.3. The normalized spacial score (nSPS) is 15.6. The lowest BCUT2D eigenvalue weighted by Gasteiger charge is -2.22. The second-order valence-corrected chi connectivity index (χ2v) is 5.22. The van der Waals surface area contributed by atoms with Crippen molar-refractivity contribution in [1.82, 2.24) is 15.3 Å². The van der Waals surface area contributed by atoms with Crippen LogP contribution >= 0.6 is 0 Å². The predicted molar refractivity (Wildman–Crippen MR) is 82.8 cm³/mol.